The summed E-state index contributed by atoms with van der Waals surface area (Å²) in [7, 11) is 0. The Bertz CT molecular complexity index is 765. The molecule has 1 saturated heterocycles. The normalized spacial score (nSPS) is 15.1. The number of rotatable bonds is 5. The highest BCUT2D eigenvalue weighted by Crippen LogP contribution is 2.13. The molecule has 2 amide bonds. The predicted molar refractivity (Wildman–Crippen MR) is 99.1 cm³/mol. The van der Waals surface area contributed by atoms with Crippen molar-refractivity contribution in [1.82, 2.24) is 15.1 Å². The molecule has 26 heavy (non-hydrogen) atoms. The number of carbonyl (C=O) groups is 2. The zero-order valence-electron chi connectivity index (χ0n) is 14.7. The van der Waals surface area contributed by atoms with Crippen LogP contribution in [0.15, 0.2) is 41.0 Å². The zero-order valence-corrected chi connectivity index (χ0v) is 15.5. The Labute approximate surface area is 157 Å². The van der Waals surface area contributed by atoms with Gasteiger partial charge in [-0.3, -0.25) is 14.5 Å². The molecule has 2 heterocycles. The number of benzene rings is 1. The summed E-state index contributed by atoms with van der Waals surface area (Å²) in [6, 6.07) is 9.42. The molecule has 0 bridgehead atoms. The van der Waals surface area contributed by atoms with Crippen LogP contribution in [-0.2, 0) is 11.3 Å². The minimum Gasteiger partial charge on any atom is -0.469 e. The van der Waals surface area contributed by atoms with Crippen LogP contribution in [0.4, 0.5) is 0 Å². The first-order chi connectivity index (χ1) is 12.5. The molecular formula is C19H22ClN3O3. The summed E-state index contributed by atoms with van der Waals surface area (Å²) >= 11 is 5.91. The average Bonchev–Trinajstić information content (AvgIpc) is 3.08. The molecule has 6 nitrogen and oxygen atoms in total. The number of hydrogen-bond donors (Lipinski definition) is 1. The van der Waals surface area contributed by atoms with Crippen molar-refractivity contribution in [2.24, 2.45) is 0 Å². The second kappa shape index (κ2) is 8.38. The van der Waals surface area contributed by atoms with Gasteiger partial charge in [-0.2, -0.15) is 0 Å². The van der Waals surface area contributed by atoms with Gasteiger partial charge in [0.25, 0.3) is 5.91 Å². The predicted octanol–water partition coefficient (Wildman–Crippen LogP) is 2.32. The van der Waals surface area contributed by atoms with Crippen LogP contribution in [0.25, 0.3) is 0 Å². The lowest BCUT2D eigenvalue weighted by Crippen LogP contribution is -2.50. The van der Waals surface area contributed by atoms with E-state index in [2.05, 4.69) is 10.2 Å². The number of halogens is 1. The smallest absolute Gasteiger partial charge is 0.255 e. The molecule has 1 N–H and O–H groups in total. The van der Waals surface area contributed by atoms with Crippen LogP contribution in [-0.4, -0.2) is 54.3 Å². The Morgan fingerprint density at radius 3 is 2.42 bits per heavy atom. The standard InChI is InChI=1S/C19H22ClN3O3/c1-14-17(6-11-26-14)19(25)21-12-18(24)23-9-7-22(8-10-23)13-15-2-4-16(20)5-3-15/h2-6,11H,7-10,12-13H2,1H3,(H,21,25). The Morgan fingerprint density at radius 1 is 1.12 bits per heavy atom. The summed E-state index contributed by atoms with van der Waals surface area (Å²) < 4.78 is 5.11. The van der Waals surface area contributed by atoms with Gasteiger partial charge in [-0.25, -0.2) is 0 Å². The molecule has 1 aliphatic heterocycles. The van der Waals surface area contributed by atoms with Crippen LogP contribution < -0.4 is 5.32 Å². The molecule has 1 aromatic carbocycles. The van der Waals surface area contributed by atoms with Gasteiger partial charge in [-0.15, -0.1) is 0 Å². The van der Waals surface area contributed by atoms with Crippen LogP contribution in [0.2, 0.25) is 5.02 Å². The van der Waals surface area contributed by atoms with Crippen molar-refractivity contribution >= 4 is 23.4 Å². The lowest BCUT2D eigenvalue weighted by Gasteiger charge is -2.34. The van der Waals surface area contributed by atoms with Crippen LogP contribution in [0, 0.1) is 6.92 Å². The quantitative estimate of drug-likeness (QED) is 0.871. The molecule has 7 heteroatoms. The Kier molecular flexibility index (Phi) is 5.96. The van der Waals surface area contributed by atoms with Gasteiger partial charge in [-0.1, -0.05) is 23.7 Å². The first kappa shape index (κ1) is 18.5. The number of furan rings is 1. The number of carbonyl (C=O) groups excluding carboxylic acids is 2. The van der Waals surface area contributed by atoms with Gasteiger partial charge in [0.15, 0.2) is 0 Å². The first-order valence-corrected chi connectivity index (χ1v) is 8.97. The maximum Gasteiger partial charge on any atom is 0.255 e. The fraction of sp³-hybridized carbons (Fsp3) is 0.368. The van der Waals surface area contributed by atoms with Crippen LogP contribution >= 0.6 is 11.6 Å². The molecule has 3 rings (SSSR count). The maximum absolute atomic E-state index is 12.3. The van der Waals surface area contributed by atoms with Crippen LogP contribution in [0.3, 0.4) is 0 Å². The third kappa shape index (κ3) is 4.65. The molecule has 0 aliphatic carbocycles. The lowest BCUT2D eigenvalue weighted by molar-refractivity contribution is -0.131. The van der Waals surface area contributed by atoms with E-state index in [1.807, 2.05) is 24.3 Å². The second-order valence-corrected chi connectivity index (χ2v) is 6.79. The fourth-order valence-electron chi connectivity index (χ4n) is 2.99. The van der Waals surface area contributed by atoms with E-state index in [1.54, 1.807) is 17.9 Å². The molecule has 1 aliphatic rings. The number of hydrogen-bond acceptors (Lipinski definition) is 4. The van der Waals surface area contributed by atoms with Gasteiger partial charge in [0.1, 0.15) is 5.76 Å². The van der Waals surface area contributed by atoms with Crippen LogP contribution in [0.1, 0.15) is 21.7 Å². The molecular weight excluding hydrogens is 354 g/mol. The minimum atomic E-state index is -0.286. The largest absolute Gasteiger partial charge is 0.469 e. The molecule has 0 atom stereocenters. The van der Waals surface area contributed by atoms with E-state index < -0.39 is 0 Å². The van der Waals surface area contributed by atoms with E-state index in [0.29, 0.717) is 24.4 Å². The molecule has 1 aromatic heterocycles. The topological polar surface area (TPSA) is 65.8 Å². The number of aryl methyl sites for hydroxylation is 1. The lowest BCUT2D eigenvalue weighted by atomic mass is 10.2. The van der Waals surface area contributed by atoms with Gasteiger partial charge in [-0.05, 0) is 30.7 Å². The second-order valence-electron chi connectivity index (χ2n) is 6.36. The first-order valence-electron chi connectivity index (χ1n) is 8.60. The highest BCUT2D eigenvalue weighted by molar-refractivity contribution is 6.30. The Balaban J connectivity index is 1.42. The zero-order chi connectivity index (χ0) is 18.5. The summed E-state index contributed by atoms with van der Waals surface area (Å²) in [5.74, 6) is 0.197. The molecule has 2 aromatic rings. The van der Waals surface area contributed by atoms with E-state index in [1.165, 1.54) is 11.8 Å². The van der Waals surface area contributed by atoms with Gasteiger partial charge < -0.3 is 14.6 Å². The molecule has 138 valence electrons. The molecule has 0 radical (unpaired) electrons. The van der Waals surface area contributed by atoms with Crippen molar-refractivity contribution in [2.45, 2.75) is 13.5 Å². The molecule has 0 saturated carbocycles. The number of nitrogens with zero attached hydrogens (tertiary/aromatic N) is 2. The molecule has 0 unspecified atom stereocenters. The van der Waals surface area contributed by atoms with Crippen molar-refractivity contribution in [3.63, 3.8) is 0 Å². The number of nitrogens with one attached hydrogen (secondary N) is 1. The highest BCUT2D eigenvalue weighted by Gasteiger charge is 2.22. The van der Waals surface area contributed by atoms with E-state index in [9.17, 15) is 9.59 Å². The summed E-state index contributed by atoms with van der Waals surface area (Å²) in [5, 5.41) is 3.40. The molecule has 1 fully saturated rings. The summed E-state index contributed by atoms with van der Waals surface area (Å²) in [5.41, 5.74) is 1.67. The van der Waals surface area contributed by atoms with Crippen molar-refractivity contribution in [2.75, 3.05) is 32.7 Å². The van der Waals surface area contributed by atoms with Crippen LogP contribution in [0.5, 0.6) is 0 Å². The van der Waals surface area contributed by atoms with Crippen molar-refractivity contribution in [3.05, 3.63) is 58.5 Å². The number of piperazine rings is 1. The van der Waals surface area contributed by atoms with Gasteiger partial charge in [0.05, 0.1) is 18.4 Å². The molecule has 0 spiro atoms. The van der Waals surface area contributed by atoms with E-state index in [-0.39, 0.29) is 18.4 Å². The van der Waals surface area contributed by atoms with E-state index in [0.717, 1.165) is 24.7 Å². The van der Waals surface area contributed by atoms with E-state index >= 15 is 0 Å². The SMILES string of the molecule is Cc1occc1C(=O)NCC(=O)N1CCN(Cc2ccc(Cl)cc2)CC1. The van der Waals surface area contributed by atoms with Gasteiger partial charge >= 0.3 is 0 Å². The highest BCUT2D eigenvalue weighted by atomic mass is 35.5. The van der Waals surface area contributed by atoms with Crippen molar-refractivity contribution in [1.29, 1.82) is 0 Å². The fourth-order valence-corrected chi connectivity index (χ4v) is 3.11. The van der Waals surface area contributed by atoms with Crippen molar-refractivity contribution in [3.8, 4) is 0 Å². The van der Waals surface area contributed by atoms with Crippen molar-refractivity contribution < 1.29 is 14.0 Å². The average molecular weight is 376 g/mol. The third-order valence-electron chi connectivity index (χ3n) is 4.55. The van der Waals surface area contributed by atoms with Gasteiger partial charge in [0, 0.05) is 37.7 Å². The summed E-state index contributed by atoms with van der Waals surface area (Å²) in [6.45, 7) is 5.50. The Morgan fingerprint density at radius 2 is 1.81 bits per heavy atom. The van der Waals surface area contributed by atoms with Gasteiger partial charge in [0.2, 0.25) is 5.91 Å². The summed E-state index contributed by atoms with van der Waals surface area (Å²) in [4.78, 5) is 28.4. The minimum absolute atomic E-state index is 0.000633. The number of amides is 2. The Hall–Kier alpha value is -2.31. The van der Waals surface area contributed by atoms with E-state index in [4.69, 9.17) is 16.0 Å². The monoisotopic (exact) mass is 375 g/mol. The maximum atomic E-state index is 12.3. The summed E-state index contributed by atoms with van der Waals surface area (Å²) in [6.07, 6.45) is 1.46. The third-order valence-corrected chi connectivity index (χ3v) is 4.80.